The van der Waals surface area contributed by atoms with Crippen molar-refractivity contribution in [3.05, 3.63) is 71.2 Å². The third-order valence-corrected chi connectivity index (χ3v) is 5.07. The zero-order valence-corrected chi connectivity index (χ0v) is 14.8. The topological polar surface area (TPSA) is 84.0 Å². The molecule has 0 amide bonds. The van der Waals surface area contributed by atoms with Crippen molar-refractivity contribution in [2.75, 3.05) is 10.0 Å². The molecule has 0 bridgehead atoms. The number of para-hydroxylation sites is 1. The van der Waals surface area contributed by atoms with Gasteiger partial charge >= 0.3 is 0 Å². The lowest BCUT2D eigenvalue weighted by atomic mass is 10.2. The van der Waals surface area contributed by atoms with Gasteiger partial charge in [-0.05, 0) is 43.3 Å². The average Bonchev–Trinajstić information content (AvgIpc) is 2.59. The van der Waals surface area contributed by atoms with Crippen LogP contribution in [0.25, 0.3) is 0 Å². The van der Waals surface area contributed by atoms with Gasteiger partial charge in [-0.15, -0.1) is 10.2 Å². The van der Waals surface area contributed by atoms with Crippen molar-refractivity contribution in [1.29, 1.82) is 0 Å². The van der Waals surface area contributed by atoms with Crippen LogP contribution in [0, 0.1) is 6.92 Å². The smallest absolute Gasteiger partial charge is 0.263 e. The molecule has 0 atom stereocenters. The van der Waals surface area contributed by atoms with E-state index in [0.29, 0.717) is 16.5 Å². The Kier molecular flexibility index (Phi) is 4.87. The molecule has 0 unspecified atom stereocenters. The minimum Gasteiger partial charge on any atom is -0.338 e. The Morgan fingerprint density at radius 3 is 2.16 bits per heavy atom. The van der Waals surface area contributed by atoms with Gasteiger partial charge in [0.05, 0.1) is 15.6 Å². The molecule has 0 fully saturated rings. The lowest BCUT2D eigenvalue weighted by Gasteiger charge is -2.09. The molecule has 8 heteroatoms. The van der Waals surface area contributed by atoms with Crippen molar-refractivity contribution >= 4 is 38.9 Å². The molecule has 25 heavy (non-hydrogen) atoms. The van der Waals surface area contributed by atoms with Gasteiger partial charge in [0, 0.05) is 0 Å². The molecule has 3 rings (SSSR count). The van der Waals surface area contributed by atoms with Gasteiger partial charge < -0.3 is 5.32 Å². The molecule has 0 aliphatic carbocycles. The number of aromatic nitrogens is 2. The monoisotopic (exact) mass is 374 g/mol. The van der Waals surface area contributed by atoms with E-state index in [1.54, 1.807) is 42.5 Å². The zero-order valence-electron chi connectivity index (χ0n) is 13.3. The summed E-state index contributed by atoms with van der Waals surface area (Å²) < 4.78 is 27.0. The molecule has 0 saturated heterocycles. The highest BCUT2D eigenvalue weighted by Crippen LogP contribution is 2.24. The first kappa shape index (κ1) is 17.2. The molecule has 128 valence electrons. The Morgan fingerprint density at radius 2 is 1.52 bits per heavy atom. The summed E-state index contributed by atoms with van der Waals surface area (Å²) in [4.78, 5) is 0.165. The maximum absolute atomic E-state index is 12.3. The van der Waals surface area contributed by atoms with Crippen molar-refractivity contribution in [3.63, 3.8) is 0 Å². The van der Waals surface area contributed by atoms with Crippen molar-refractivity contribution in [2.24, 2.45) is 0 Å². The van der Waals surface area contributed by atoms with Crippen molar-refractivity contribution < 1.29 is 8.42 Å². The standard InChI is InChI=1S/C17H15ClN4O2S/c1-12-6-8-13(9-7-12)25(23,24)22-17-11-10-16(20-21-17)19-15-5-3-2-4-14(15)18/h2-11H,1H3,(H,19,20)(H,21,22). The molecule has 0 spiro atoms. The number of benzene rings is 2. The number of nitrogens with one attached hydrogen (secondary N) is 2. The SMILES string of the molecule is Cc1ccc(S(=O)(=O)Nc2ccc(Nc3ccccc3Cl)nn2)cc1. The fraction of sp³-hybridized carbons (Fsp3) is 0.0588. The maximum atomic E-state index is 12.3. The first-order valence-electron chi connectivity index (χ1n) is 7.39. The molecule has 0 aliphatic rings. The Bertz CT molecular complexity index is 974. The van der Waals surface area contributed by atoms with E-state index in [4.69, 9.17) is 11.6 Å². The van der Waals surface area contributed by atoms with Crippen molar-refractivity contribution in [2.45, 2.75) is 11.8 Å². The van der Waals surface area contributed by atoms with Crippen LogP contribution in [0.2, 0.25) is 5.02 Å². The van der Waals surface area contributed by atoms with E-state index >= 15 is 0 Å². The average molecular weight is 375 g/mol. The quantitative estimate of drug-likeness (QED) is 0.705. The number of rotatable bonds is 5. The van der Waals surface area contributed by atoms with Crippen LogP contribution in [-0.4, -0.2) is 18.6 Å². The number of aryl methyl sites for hydroxylation is 1. The van der Waals surface area contributed by atoms with E-state index in [2.05, 4.69) is 20.2 Å². The highest BCUT2D eigenvalue weighted by atomic mass is 35.5. The number of hydrogen-bond acceptors (Lipinski definition) is 5. The minimum atomic E-state index is -3.70. The van der Waals surface area contributed by atoms with E-state index in [1.165, 1.54) is 6.07 Å². The van der Waals surface area contributed by atoms with E-state index in [9.17, 15) is 8.42 Å². The zero-order chi connectivity index (χ0) is 17.9. The van der Waals surface area contributed by atoms with Crippen LogP contribution >= 0.6 is 11.6 Å². The predicted molar refractivity (Wildman–Crippen MR) is 98.8 cm³/mol. The highest BCUT2D eigenvalue weighted by Gasteiger charge is 2.14. The molecular weight excluding hydrogens is 360 g/mol. The molecule has 3 aromatic rings. The second-order valence-corrected chi connectivity index (χ2v) is 7.42. The molecule has 0 saturated carbocycles. The molecule has 0 aliphatic heterocycles. The van der Waals surface area contributed by atoms with Gasteiger partial charge in [-0.25, -0.2) is 8.42 Å². The summed E-state index contributed by atoms with van der Waals surface area (Å²) >= 11 is 6.07. The summed E-state index contributed by atoms with van der Waals surface area (Å²) in [6.45, 7) is 1.89. The van der Waals surface area contributed by atoms with E-state index in [0.717, 1.165) is 5.56 Å². The summed E-state index contributed by atoms with van der Waals surface area (Å²) in [5.74, 6) is 0.580. The van der Waals surface area contributed by atoms with E-state index in [-0.39, 0.29) is 10.7 Å². The van der Waals surface area contributed by atoms with Crippen molar-refractivity contribution in [3.8, 4) is 0 Å². The van der Waals surface area contributed by atoms with Crippen LogP contribution in [0.15, 0.2) is 65.6 Å². The van der Waals surface area contributed by atoms with Gasteiger partial charge in [-0.3, -0.25) is 4.72 Å². The summed E-state index contributed by atoms with van der Waals surface area (Å²) in [7, 11) is -3.70. The normalized spacial score (nSPS) is 11.1. The maximum Gasteiger partial charge on any atom is 0.263 e. The Morgan fingerprint density at radius 1 is 0.880 bits per heavy atom. The number of hydrogen-bond donors (Lipinski definition) is 2. The molecule has 6 nitrogen and oxygen atoms in total. The van der Waals surface area contributed by atoms with Crippen LogP contribution in [0.1, 0.15) is 5.56 Å². The second-order valence-electron chi connectivity index (χ2n) is 5.33. The number of halogens is 1. The number of sulfonamides is 1. The van der Waals surface area contributed by atoms with Gasteiger partial charge in [0.1, 0.15) is 0 Å². The van der Waals surface area contributed by atoms with Gasteiger partial charge in [-0.1, -0.05) is 41.4 Å². The van der Waals surface area contributed by atoms with Crippen LogP contribution in [-0.2, 0) is 10.0 Å². The highest BCUT2D eigenvalue weighted by molar-refractivity contribution is 7.92. The van der Waals surface area contributed by atoms with Crippen molar-refractivity contribution in [1.82, 2.24) is 10.2 Å². The van der Waals surface area contributed by atoms with Crippen LogP contribution in [0.4, 0.5) is 17.3 Å². The summed E-state index contributed by atoms with van der Waals surface area (Å²) in [5.41, 5.74) is 1.67. The molecule has 0 radical (unpaired) electrons. The molecule has 1 aromatic heterocycles. The third-order valence-electron chi connectivity index (χ3n) is 3.37. The lowest BCUT2D eigenvalue weighted by molar-refractivity contribution is 0.601. The minimum absolute atomic E-state index is 0.130. The third kappa shape index (κ3) is 4.26. The molecule has 2 aromatic carbocycles. The molecular formula is C17H15ClN4O2S. The van der Waals surface area contributed by atoms with Crippen LogP contribution < -0.4 is 10.0 Å². The Hall–Kier alpha value is -2.64. The molecule has 1 heterocycles. The molecule has 2 N–H and O–H groups in total. The Balaban J connectivity index is 1.74. The van der Waals surface area contributed by atoms with Gasteiger partial charge in [0.2, 0.25) is 0 Å². The van der Waals surface area contributed by atoms with Gasteiger partial charge in [0.15, 0.2) is 11.6 Å². The van der Waals surface area contributed by atoms with E-state index < -0.39 is 10.0 Å². The first-order chi connectivity index (χ1) is 11.9. The van der Waals surface area contributed by atoms with Crippen LogP contribution in [0.5, 0.6) is 0 Å². The summed E-state index contributed by atoms with van der Waals surface area (Å²) in [5, 5.41) is 11.4. The van der Waals surface area contributed by atoms with E-state index in [1.807, 2.05) is 19.1 Å². The summed E-state index contributed by atoms with van der Waals surface area (Å²) in [6, 6.07) is 16.9. The lowest BCUT2D eigenvalue weighted by Crippen LogP contribution is -2.14. The number of nitrogens with zero attached hydrogens (tertiary/aromatic N) is 2. The predicted octanol–water partition coefficient (Wildman–Crippen LogP) is 3.98. The Labute approximate surface area is 150 Å². The first-order valence-corrected chi connectivity index (χ1v) is 9.25. The fourth-order valence-corrected chi connectivity index (χ4v) is 3.25. The second kappa shape index (κ2) is 7.08. The van der Waals surface area contributed by atoms with Gasteiger partial charge in [0.25, 0.3) is 10.0 Å². The largest absolute Gasteiger partial charge is 0.338 e. The van der Waals surface area contributed by atoms with Gasteiger partial charge in [-0.2, -0.15) is 0 Å². The van der Waals surface area contributed by atoms with Crippen LogP contribution in [0.3, 0.4) is 0 Å². The number of anilines is 3. The fourth-order valence-electron chi connectivity index (χ4n) is 2.07. The summed E-state index contributed by atoms with van der Waals surface area (Å²) in [6.07, 6.45) is 0.